The van der Waals surface area contributed by atoms with Crippen molar-refractivity contribution in [1.29, 1.82) is 0 Å². The Morgan fingerprint density at radius 2 is 1.87 bits per heavy atom. The maximum Gasteiger partial charge on any atom is 0.253 e. The number of ketones is 1. The first kappa shape index (κ1) is 18.9. The highest BCUT2D eigenvalue weighted by molar-refractivity contribution is 7.98. The molecule has 0 radical (unpaired) electrons. The van der Waals surface area contributed by atoms with Crippen molar-refractivity contribution in [2.75, 3.05) is 0 Å². The minimum atomic E-state index is -0.278. The van der Waals surface area contributed by atoms with Crippen LogP contribution in [0.25, 0.3) is 5.78 Å². The largest absolute Gasteiger partial charge is 0.294 e. The summed E-state index contributed by atoms with van der Waals surface area (Å²) >= 11 is 1.55. The van der Waals surface area contributed by atoms with E-state index >= 15 is 0 Å². The summed E-state index contributed by atoms with van der Waals surface area (Å²) in [7, 11) is 0. The number of fused-ring (bicyclic) bond motifs is 3. The summed E-state index contributed by atoms with van der Waals surface area (Å²) in [6.45, 7) is 2.07. The second-order valence-corrected chi connectivity index (χ2v) is 8.52. The van der Waals surface area contributed by atoms with Crippen LogP contribution >= 0.6 is 11.8 Å². The fraction of sp³-hybridized carbons (Fsp3) is 0.217. The van der Waals surface area contributed by atoms with Crippen LogP contribution in [0.1, 0.15) is 45.1 Å². The molecule has 0 bridgehead atoms. The van der Waals surface area contributed by atoms with Crippen molar-refractivity contribution < 1.29 is 9.18 Å². The van der Waals surface area contributed by atoms with Crippen molar-refractivity contribution >= 4 is 23.3 Å². The number of nitrogens with zero attached hydrogens (tertiary/aromatic N) is 4. The second-order valence-electron chi connectivity index (χ2n) is 7.58. The Bertz CT molecular complexity index is 1230. The molecule has 2 aromatic heterocycles. The molecule has 0 N–H and O–H groups in total. The summed E-state index contributed by atoms with van der Waals surface area (Å²) < 4.78 is 15.0. The molecule has 5 nitrogen and oxygen atoms in total. The number of rotatable bonds is 4. The van der Waals surface area contributed by atoms with Crippen LogP contribution in [0.4, 0.5) is 4.39 Å². The Balaban J connectivity index is 1.44. The number of carbonyl (C=O) groups is 1. The molecule has 0 saturated heterocycles. The summed E-state index contributed by atoms with van der Waals surface area (Å²) in [6, 6.07) is 14.8. The normalized spacial score (nSPS) is 16.1. The summed E-state index contributed by atoms with van der Waals surface area (Å²) in [5, 5.41) is 5.26. The molecule has 1 aliphatic rings. The van der Waals surface area contributed by atoms with Gasteiger partial charge in [-0.15, -0.1) is 5.10 Å². The zero-order valence-corrected chi connectivity index (χ0v) is 17.2. The van der Waals surface area contributed by atoms with Gasteiger partial charge in [0.2, 0.25) is 5.16 Å². The first-order valence-electron chi connectivity index (χ1n) is 9.78. The summed E-state index contributed by atoms with van der Waals surface area (Å²) in [6.07, 6.45) is 2.63. The number of aryl methyl sites for hydroxylation is 1. The average molecular weight is 418 g/mol. The zero-order chi connectivity index (χ0) is 20.7. The molecule has 2 heterocycles. The molecule has 5 rings (SSSR count). The molecule has 30 heavy (non-hydrogen) atoms. The molecule has 150 valence electrons. The molecule has 4 aromatic rings. The summed E-state index contributed by atoms with van der Waals surface area (Å²) in [4.78, 5) is 21.6. The van der Waals surface area contributed by atoms with Crippen LogP contribution in [0.3, 0.4) is 0 Å². The van der Waals surface area contributed by atoms with Crippen molar-refractivity contribution in [3.05, 3.63) is 88.5 Å². The van der Waals surface area contributed by atoms with Gasteiger partial charge in [0, 0.05) is 18.4 Å². The second kappa shape index (κ2) is 7.65. The first-order chi connectivity index (χ1) is 14.6. The first-order valence-corrected chi connectivity index (χ1v) is 10.8. The maximum atomic E-state index is 13.3. The van der Waals surface area contributed by atoms with Gasteiger partial charge in [0.15, 0.2) is 5.78 Å². The molecule has 1 unspecified atom stereocenters. The number of thioether (sulfide) groups is 1. The van der Waals surface area contributed by atoms with E-state index in [4.69, 9.17) is 0 Å². The Labute approximate surface area is 177 Å². The Hall–Kier alpha value is -3.06. The summed E-state index contributed by atoms with van der Waals surface area (Å²) in [5.74, 6) is 0.997. The molecule has 1 aliphatic carbocycles. The van der Waals surface area contributed by atoms with E-state index in [1.54, 1.807) is 34.6 Å². The number of halogens is 1. The van der Waals surface area contributed by atoms with Crippen LogP contribution in [0.15, 0.2) is 59.9 Å². The van der Waals surface area contributed by atoms with Gasteiger partial charge in [-0.05, 0) is 42.5 Å². The zero-order valence-electron chi connectivity index (χ0n) is 16.4. The van der Waals surface area contributed by atoms with Gasteiger partial charge in [0.25, 0.3) is 5.78 Å². The third-order valence-electron chi connectivity index (χ3n) is 5.45. The predicted octanol–water partition coefficient (Wildman–Crippen LogP) is 4.78. The third kappa shape index (κ3) is 3.61. The monoisotopic (exact) mass is 418 g/mol. The lowest BCUT2D eigenvalue weighted by Crippen LogP contribution is -2.22. The Morgan fingerprint density at radius 3 is 2.63 bits per heavy atom. The molecule has 0 spiro atoms. The van der Waals surface area contributed by atoms with E-state index in [9.17, 15) is 9.18 Å². The van der Waals surface area contributed by atoms with Crippen LogP contribution in [0.2, 0.25) is 0 Å². The van der Waals surface area contributed by atoms with Gasteiger partial charge >= 0.3 is 0 Å². The molecule has 0 fully saturated rings. The van der Waals surface area contributed by atoms with E-state index in [0.29, 0.717) is 29.3 Å². The lowest BCUT2D eigenvalue weighted by molar-refractivity contribution is 0.0962. The Kier molecular flexibility index (Phi) is 4.83. The van der Waals surface area contributed by atoms with Gasteiger partial charge in [-0.3, -0.25) is 4.79 Å². The van der Waals surface area contributed by atoms with E-state index in [0.717, 1.165) is 17.0 Å². The molecular formula is C23H19FN4OS. The molecule has 1 atom stereocenters. The van der Waals surface area contributed by atoms with E-state index in [1.165, 1.54) is 23.3 Å². The van der Waals surface area contributed by atoms with Crippen molar-refractivity contribution in [3.8, 4) is 0 Å². The smallest absolute Gasteiger partial charge is 0.253 e. The number of benzene rings is 2. The molecule has 0 aliphatic heterocycles. The van der Waals surface area contributed by atoms with Crippen LogP contribution in [0.5, 0.6) is 0 Å². The molecule has 7 heteroatoms. The van der Waals surface area contributed by atoms with E-state index < -0.39 is 0 Å². The fourth-order valence-electron chi connectivity index (χ4n) is 3.79. The van der Waals surface area contributed by atoms with Gasteiger partial charge in [-0.2, -0.15) is 9.50 Å². The highest BCUT2D eigenvalue weighted by Gasteiger charge is 2.29. The van der Waals surface area contributed by atoms with Gasteiger partial charge in [-0.25, -0.2) is 9.37 Å². The highest BCUT2D eigenvalue weighted by atomic mass is 32.2. The van der Waals surface area contributed by atoms with Gasteiger partial charge in [-0.1, -0.05) is 53.7 Å². The van der Waals surface area contributed by atoms with Gasteiger partial charge in [0.05, 0.1) is 11.3 Å². The molecular weight excluding hydrogens is 399 g/mol. The van der Waals surface area contributed by atoms with Crippen molar-refractivity contribution in [2.24, 2.45) is 0 Å². The fourth-order valence-corrected chi connectivity index (χ4v) is 4.57. The average Bonchev–Trinajstić information content (AvgIpc) is 3.17. The number of carbonyl (C=O) groups excluding carboxylic acids is 1. The van der Waals surface area contributed by atoms with E-state index in [2.05, 4.69) is 46.3 Å². The van der Waals surface area contributed by atoms with E-state index in [-0.39, 0.29) is 17.5 Å². The highest BCUT2D eigenvalue weighted by Crippen LogP contribution is 2.33. The van der Waals surface area contributed by atoms with Crippen LogP contribution in [-0.4, -0.2) is 25.4 Å². The van der Waals surface area contributed by atoms with Crippen LogP contribution in [-0.2, 0) is 12.2 Å². The quantitative estimate of drug-likeness (QED) is 0.447. The van der Waals surface area contributed by atoms with Gasteiger partial charge in [0.1, 0.15) is 5.82 Å². The minimum Gasteiger partial charge on any atom is -0.294 e. The topological polar surface area (TPSA) is 60.1 Å². The van der Waals surface area contributed by atoms with E-state index in [1.807, 2.05) is 0 Å². The predicted molar refractivity (Wildman–Crippen MR) is 113 cm³/mol. The number of aromatic nitrogens is 4. The molecule has 0 saturated carbocycles. The lowest BCUT2D eigenvalue weighted by atomic mass is 9.82. The third-order valence-corrected chi connectivity index (χ3v) is 6.36. The Morgan fingerprint density at radius 1 is 1.10 bits per heavy atom. The maximum absolute atomic E-state index is 13.3. The number of Topliss-reactive ketones (excluding diaryl/α,β-unsaturated/α-hetero) is 1. The minimum absolute atomic E-state index is 0.0101. The number of hydrogen-bond acceptors (Lipinski definition) is 5. The molecule has 0 amide bonds. The van der Waals surface area contributed by atoms with Crippen molar-refractivity contribution in [1.82, 2.24) is 19.6 Å². The molecule has 2 aromatic carbocycles. The standard InChI is InChI=1S/C23H19FN4OS/c1-14-2-4-15(5-3-14)13-30-23-26-22-25-12-19-20(28(22)27-23)10-17(11-21(19)29)16-6-8-18(24)9-7-16/h2-9,12,17H,10-11,13H2,1H3. The SMILES string of the molecule is Cc1ccc(CSc2nc3ncc4c(n3n2)CC(c2ccc(F)cc2)CC4=O)cc1. The summed E-state index contributed by atoms with van der Waals surface area (Å²) in [5.41, 5.74) is 4.80. The van der Waals surface area contributed by atoms with Crippen LogP contribution < -0.4 is 0 Å². The number of hydrogen-bond donors (Lipinski definition) is 0. The van der Waals surface area contributed by atoms with Crippen molar-refractivity contribution in [3.63, 3.8) is 0 Å². The van der Waals surface area contributed by atoms with Gasteiger partial charge < -0.3 is 0 Å². The lowest BCUT2D eigenvalue weighted by Gasteiger charge is -2.23. The van der Waals surface area contributed by atoms with Crippen molar-refractivity contribution in [2.45, 2.75) is 36.6 Å². The van der Waals surface area contributed by atoms with Crippen LogP contribution in [0, 0.1) is 12.7 Å².